The summed E-state index contributed by atoms with van der Waals surface area (Å²) in [4.78, 5) is 12.0. The van der Waals surface area contributed by atoms with E-state index >= 15 is 0 Å². The van der Waals surface area contributed by atoms with Crippen molar-refractivity contribution in [3.8, 4) is 0 Å². The molecule has 0 radical (unpaired) electrons. The molecule has 0 aliphatic rings. The summed E-state index contributed by atoms with van der Waals surface area (Å²) in [5, 5.41) is 5.73. The van der Waals surface area contributed by atoms with Gasteiger partial charge in [-0.25, -0.2) is 8.42 Å². The van der Waals surface area contributed by atoms with Gasteiger partial charge in [-0.2, -0.15) is 0 Å². The predicted molar refractivity (Wildman–Crippen MR) is 86.3 cm³/mol. The molecular formula is C14H23N3O3S. The van der Waals surface area contributed by atoms with Crippen molar-refractivity contribution < 1.29 is 13.2 Å². The van der Waals surface area contributed by atoms with Crippen molar-refractivity contribution in [2.75, 3.05) is 30.4 Å². The van der Waals surface area contributed by atoms with Crippen LogP contribution in [0.25, 0.3) is 0 Å². The number of hydrogen-bond donors (Lipinski definition) is 3. The summed E-state index contributed by atoms with van der Waals surface area (Å²) in [5.41, 5.74) is 7.21. The highest BCUT2D eigenvalue weighted by Gasteiger charge is 2.30. The largest absolute Gasteiger partial charge is 0.399 e. The topological polar surface area (TPSA) is 101 Å². The fourth-order valence-electron chi connectivity index (χ4n) is 1.60. The van der Waals surface area contributed by atoms with E-state index in [1.54, 1.807) is 32.0 Å². The average Bonchev–Trinajstić information content (AvgIpc) is 2.35. The van der Waals surface area contributed by atoms with E-state index in [1.807, 2.05) is 6.92 Å². The van der Waals surface area contributed by atoms with Crippen LogP contribution in [0, 0.1) is 0 Å². The van der Waals surface area contributed by atoms with Crippen LogP contribution in [0.2, 0.25) is 0 Å². The van der Waals surface area contributed by atoms with E-state index in [-0.39, 0.29) is 12.5 Å². The van der Waals surface area contributed by atoms with Crippen LogP contribution in [-0.4, -0.2) is 38.4 Å². The summed E-state index contributed by atoms with van der Waals surface area (Å²) in [6.07, 6.45) is 1.19. The van der Waals surface area contributed by atoms with Crippen LogP contribution in [0.4, 0.5) is 11.4 Å². The average molecular weight is 313 g/mol. The van der Waals surface area contributed by atoms with Gasteiger partial charge in [-0.15, -0.1) is 0 Å². The molecule has 0 atom stereocenters. The van der Waals surface area contributed by atoms with E-state index in [0.717, 1.165) is 0 Å². The number of benzene rings is 1. The molecule has 7 heteroatoms. The molecule has 1 rings (SSSR count). The Kier molecular flexibility index (Phi) is 5.22. The Bertz CT molecular complexity index is 624. The number of nitrogens with one attached hydrogen (secondary N) is 2. The van der Waals surface area contributed by atoms with E-state index in [4.69, 9.17) is 5.73 Å². The minimum Gasteiger partial charge on any atom is -0.399 e. The van der Waals surface area contributed by atoms with Gasteiger partial charge in [0.15, 0.2) is 9.84 Å². The minimum atomic E-state index is -3.22. The number of anilines is 2. The monoisotopic (exact) mass is 313 g/mol. The molecule has 4 N–H and O–H groups in total. The minimum absolute atomic E-state index is 0.182. The fourth-order valence-corrected chi connectivity index (χ4v) is 1.94. The van der Waals surface area contributed by atoms with Crippen LogP contribution in [0.3, 0.4) is 0 Å². The maximum absolute atomic E-state index is 12.0. The second-order valence-corrected chi connectivity index (χ2v) is 8.20. The summed E-state index contributed by atoms with van der Waals surface area (Å²) in [5.74, 6) is -0.225. The zero-order chi connectivity index (χ0) is 16.3. The number of carbonyl (C=O) groups is 1. The van der Waals surface area contributed by atoms with Gasteiger partial charge in [0.1, 0.15) is 0 Å². The number of nitrogen functional groups attached to an aromatic ring is 1. The molecule has 0 fully saturated rings. The lowest BCUT2D eigenvalue weighted by Gasteiger charge is -2.24. The lowest BCUT2D eigenvalue weighted by atomic mass is 10.1. The molecule has 21 heavy (non-hydrogen) atoms. The Morgan fingerprint density at radius 3 is 2.48 bits per heavy atom. The molecule has 118 valence electrons. The first-order chi connectivity index (χ1) is 9.58. The molecule has 0 aliphatic carbocycles. The number of rotatable bonds is 6. The van der Waals surface area contributed by atoms with Crippen molar-refractivity contribution in [1.29, 1.82) is 0 Å². The van der Waals surface area contributed by atoms with Crippen LogP contribution in [0.1, 0.15) is 31.1 Å². The molecule has 0 saturated heterocycles. The third kappa shape index (κ3) is 4.35. The standard InChI is InChI=1S/C14H23N3O3S/c1-5-16-13(18)11-7-6-10(15)8-12(11)17-9-14(2,3)21(4,19)20/h6-8,17H,5,9,15H2,1-4H3,(H,16,18). The van der Waals surface area contributed by atoms with Crippen molar-refractivity contribution in [3.63, 3.8) is 0 Å². The number of nitrogens with two attached hydrogens (primary N) is 1. The lowest BCUT2D eigenvalue weighted by molar-refractivity contribution is 0.0956. The second kappa shape index (κ2) is 6.34. The predicted octanol–water partition coefficient (Wildman–Crippen LogP) is 1.25. The molecule has 0 heterocycles. The van der Waals surface area contributed by atoms with Crippen LogP contribution in [0.15, 0.2) is 18.2 Å². The number of hydrogen-bond acceptors (Lipinski definition) is 5. The highest BCUT2D eigenvalue weighted by atomic mass is 32.2. The summed E-state index contributed by atoms with van der Waals surface area (Å²) < 4.78 is 22.5. The van der Waals surface area contributed by atoms with Gasteiger partial charge in [0.2, 0.25) is 0 Å². The smallest absolute Gasteiger partial charge is 0.253 e. The first-order valence-electron chi connectivity index (χ1n) is 6.69. The molecule has 0 saturated carbocycles. The van der Waals surface area contributed by atoms with Crippen LogP contribution in [0.5, 0.6) is 0 Å². The van der Waals surface area contributed by atoms with Crippen molar-refractivity contribution in [1.82, 2.24) is 5.32 Å². The van der Waals surface area contributed by atoms with Gasteiger partial charge in [-0.1, -0.05) is 0 Å². The maximum Gasteiger partial charge on any atom is 0.253 e. The van der Waals surface area contributed by atoms with Gasteiger partial charge in [-0.05, 0) is 39.0 Å². The van der Waals surface area contributed by atoms with Crippen molar-refractivity contribution in [2.45, 2.75) is 25.5 Å². The van der Waals surface area contributed by atoms with Crippen LogP contribution >= 0.6 is 0 Å². The van der Waals surface area contributed by atoms with Gasteiger partial charge < -0.3 is 16.4 Å². The molecule has 6 nitrogen and oxygen atoms in total. The summed E-state index contributed by atoms with van der Waals surface area (Å²) in [7, 11) is -3.22. The van der Waals surface area contributed by atoms with Crippen LogP contribution in [-0.2, 0) is 9.84 Å². The van der Waals surface area contributed by atoms with Gasteiger partial charge in [0.25, 0.3) is 5.91 Å². The third-order valence-electron chi connectivity index (χ3n) is 3.33. The molecule has 1 amide bonds. The van der Waals surface area contributed by atoms with Crippen molar-refractivity contribution in [3.05, 3.63) is 23.8 Å². The molecular weight excluding hydrogens is 290 g/mol. The number of carbonyl (C=O) groups excluding carboxylic acids is 1. The zero-order valence-electron chi connectivity index (χ0n) is 12.9. The van der Waals surface area contributed by atoms with Crippen molar-refractivity contribution >= 4 is 27.1 Å². The quantitative estimate of drug-likeness (QED) is 0.686. The molecule has 1 aromatic carbocycles. The number of amides is 1. The zero-order valence-corrected chi connectivity index (χ0v) is 13.7. The Balaban J connectivity index is 3.03. The SMILES string of the molecule is CCNC(=O)c1ccc(N)cc1NCC(C)(C)S(C)(=O)=O. The summed E-state index contributed by atoms with van der Waals surface area (Å²) in [6, 6.07) is 4.89. The highest BCUT2D eigenvalue weighted by molar-refractivity contribution is 7.92. The Morgan fingerprint density at radius 1 is 1.33 bits per heavy atom. The Hall–Kier alpha value is -1.76. The molecule has 0 aromatic heterocycles. The lowest BCUT2D eigenvalue weighted by Crippen LogP contribution is -2.38. The molecule has 0 bridgehead atoms. The maximum atomic E-state index is 12.0. The Morgan fingerprint density at radius 2 is 1.95 bits per heavy atom. The van der Waals surface area contributed by atoms with Gasteiger partial charge in [0.05, 0.1) is 10.3 Å². The van der Waals surface area contributed by atoms with E-state index in [2.05, 4.69) is 10.6 Å². The van der Waals surface area contributed by atoms with Gasteiger partial charge >= 0.3 is 0 Å². The summed E-state index contributed by atoms with van der Waals surface area (Å²) in [6.45, 7) is 5.79. The van der Waals surface area contributed by atoms with E-state index in [9.17, 15) is 13.2 Å². The number of sulfone groups is 1. The first-order valence-corrected chi connectivity index (χ1v) is 8.59. The molecule has 1 aromatic rings. The van der Waals surface area contributed by atoms with Gasteiger partial charge in [0, 0.05) is 30.7 Å². The first kappa shape index (κ1) is 17.3. The van der Waals surface area contributed by atoms with E-state index in [0.29, 0.717) is 23.5 Å². The normalized spacial score (nSPS) is 12.0. The fraction of sp³-hybridized carbons (Fsp3) is 0.500. The molecule has 0 spiro atoms. The Labute approximate surface area is 126 Å². The molecule has 0 unspecified atom stereocenters. The van der Waals surface area contributed by atoms with E-state index in [1.165, 1.54) is 6.26 Å². The van der Waals surface area contributed by atoms with E-state index < -0.39 is 14.6 Å². The third-order valence-corrected chi connectivity index (χ3v) is 5.49. The highest BCUT2D eigenvalue weighted by Crippen LogP contribution is 2.22. The van der Waals surface area contributed by atoms with Crippen LogP contribution < -0.4 is 16.4 Å². The van der Waals surface area contributed by atoms with Crippen molar-refractivity contribution in [2.24, 2.45) is 0 Å². The molecule has 0 aliphatic heterocycles. The second-order valence-electron chi connectivity index (χ2n) is 5.55. The van der Waals surface area contributed by atoms with Gasteiger partial charge in [-0.3, -0.25) is 4.79 Å². The summed E-state index contributed by atoms with van der Waals surface area (Å²) >= 11 is 0.